The Hall–Kier alpha value is -3.69. The zero-order valence-corrected chi connectivity index (χ0v) is 22.2. The molecule has 6 rings (SSSR count). The van der Waals surface area contributed by atoms with Crippen LogP contribution in [0.4, 0.5) is 0 Å². The van der Waals surface area contributed by atoms with E-state index in [1.165, 1.54) is 6.07 Å². The van der Waals surface area contributed by atoms with E-state index in [1.807, 2.05) is 13.8 Å². The lowest BCUT2D eigenvalue weighted by atomic mass is 9.53. The number of benzene rings is 2. The number of carbonyl (C=O) groups excluding carboxylic acids is 3. The minimum absolute atomic E-state index is 0.00905. The molecule has 9 heteroatoms. The molecule has 4 atom stereocenters. The predicted octanol–water partition coefficient (Wildman–Crippen LogP) is 2.97. The first-order chi connectivity index (χ1) is 18.1. The quantitative estimate of drug-likeness (QED) is 0.184. The maximum atomic E-state index is 14.0. The normalized spacial score (nSPS) is 31.0. The SMILES string of the molecule is CC1=CCCC(C)(C)[C@@]12Cc1c3c(c(O)c4c(O)cc(C)c2c14)C(=O)[C@]1(O)C(=O)C(C(N)=O)=C(O)C[C@@H]1[C@@H]3O. The third-order valence-electron chi connectivity index (χ3n) is 10.1. The highest BCUT2D eigenvalue weighted by molar-refractivity contribution is 6.33. The lowest BCUT2D eigenvalue weighted by Crippen LogP contribution is -2.61. The number of aliphatic hydroxyl groups excluding tert-OH is 2. The number of Topliss-reactive ketones (excluding diaryl/α,β-unsaturated/α-hetero) is 2. The van der Waals surface area contributed by atoms with Gasteiger partial charge in [0.1, 0.15) is 22.8 Å². The van der Waals surface area contributed by atoms with Gasteiger partial charge in [-0.15, -0.1) is 0 Å². The molecule has 1 spiro atoms. The number of carbonyl (C=O) groups is 3. The van der Waals surface area contributed by atoms with E-state index in [0.717, 1.165) is 29.5 Å². The zero-order valence-electron chi connectivity index (χ0n) is 22.2. The first-order valence-electron chi connectivity index (χ1n) is 13.1. The van der Waals surface area contributed by atoms with Crippen LogP contribution in [0.15, 0.2) is 29.0 Å². The van der Waals surface area contributed by atoms with Crippen molar-refractivity contribution in [3.63, 3.8) is 0 Å². The molecule has 0 radical (unpaired) electrons. The van der Waals surface area contributed by atoms with E-state index in [0.29, 0.717) is 17.4 Å². The number of aryl methyl sites for hydroxylation is 1. The number of primary amides is 1. The lowest BCUT2D eigenvalue weighted by Gasteiger charge is -2.50. The molecule has 2 aromatic rings. The Balaban J connectivity index is 1.73. The molecule has 0 unspecified atom stereocenters. The molecule has 4 aliphatic rings. The van der Waals surface area contributed by atoms with E-state index in [9.17, 15) is 39.9 Å². The Morgan fingerprint density at radius 2 is 1.74 bits per heavy atom. The van der Waals surface area contributed by atoms with Crippen LogP contribution >= 0.6 is 0 Å². The molecule has 4 aliphatic carbocycles. The van der Waals surface area contributed by atoms with Gasteiger partial charge < -0.3 is 31.3 Å². The van der Waals surface area contributed by atoms with Gasteiger partial charge in [0, 0.05) is 17.8 Å². The number of fused-ring (bicyclic) bond motifs is 4. The summed E-state index contributed by atoms with van der Waals surface area (Å²) in [5.41, 5.74) is 3.52. The summed E-state index contributed by atoms with van der Waals surface area (Å²) in [6, 6.07) is 1.54. The Labute approximate surface area is 224 Å². The minimum atomic E-state index is -2.94. The molecule has 0 saturated heterocycles. The molecule has 7 N–H and O–H groups in total. The summed E-state index contributed by atoms with van der Waals surface area (Å²) < 4.78 is 0. The highest BCUT2D eigenvalue weighted by Crippen LogP contribution is 2.65. The smallest absolute Gasteiger partial charge is 0.255 e. The number of amides is 1. The fourth-order valence-electron chi connectivity index (χ4n) is 8.21. The van der Waals surface area contributed by atoms with Crippen molar-refractivity contribution in [1.29, 1.82) is 0 Å². The van der Waals surface area contributed by atoms with Crippen molar-refractivity contribution in [2.75, 3.05) is 0 Å². The Kier molecular flexibility index (Phi) is 4.91. The van der Waals surface area contributed by atoms with Gasteiger partial charge in [-0.25, -0.2) is 0 Å². The number of ketones is 2. The number of aromatic hydroxyl groups is 2. The van der Waals surface area contributed by atoms with E-state index in [2.05, 4.69) is 19.9 Å². The van der Waals surface area contributed by atoms with E-state index in [-0.39, 0.29) is 22.1 Å². The van der Waals surface area contributed by atoms with Crippen molar-refractivity contribution in [3.05, 3.63) is 56.9 Å². The Morgan fingerprint density at radius 3 is 2.36 bits per heavy atom. The van der Waals surface area contributed by atoms with Crippen LogP contribution in [-0.4, -0.2) is 48.6 Å². The topological polar surface area (TPSA) is 178 Å². The van der Waals surface area contributed by atoms with Gasteiger partial charge in [-0.2, -0.15) is 0 Å². The Bertz CT molecular complexity index is 1650. The van der Waals surface area contributed by atoms with Gasteiger partial charge in [0.15, 0.2) is 5.60 Å². The lowest BCUT2D eigenvalue weighted by molar-refractivity contribution is -0.143. The molecule has 0 bridgehead atoms. The maximum absolute atomic E-state index is 14.0. The fraction of sp³-hybridized carbons (Fsp3) is 0.433. The molecule has 9 nitrogen and oxygen atoms in total. The van der Waals surface area contributed by atoms with Crippen molar-refractivity contribution >= 4 is 28.2 Å². The number of nitrogens with two attached hydrogens (primary N) is 1. The monoisotopic (exact) mass is 533 g/mol. The van der Waals surface area contributed by atoms with Crippen molar-refractivity contribution in [2.24, 2.45) is 17.1 Å². The van der Waals surface area contributed by atoms with Gasteiger partial charge in [-0.1, -0.05) is 25.5 Å². The molecular weight excluding hydrogens is 502 g/mol. The number of allylic oxidation sites excluding steroid dienone is 3. The second-order valence-corrected chi connectivity index (χ2v) is 12.2. The van der Waals surface area contributed by atoms with Crippen LogP contribution in [0.5, 0.6) is 11.5 Å². The number of hydrogen-bond acceptors (Lipinski definition) is 8. The van der Waals surface area contributed by atoms with Crippen LogP contribution in [-0.2, 0) is 21.4 Å². The van der Waals surface area contributed by atoms with Crippen molar-refractivity contribution in [2.45, 2.75) is 70.5 Å². The van der Waals surface area contributed by atoms with Crippen LogP contribution in [0.3, 0.4) is 0 Å². The summed E-state index contributed by atoms with van der Waals surface area (Å²) in [4.78, 5) is 39.2. The van der Waals surface area contributed by atoms with E-state index >= 15 is 0 Å². The van der Waals surface area contributed by atoms with Gasteiger partial charge in [0.2, 0.25) is 11.6 Å². The molecule has 1 amide bonds. The van der Waals surface area contributed by atoms with Crippen molar-refractivity contribution < 1.29 is 39.9 Å². The summed E-state index contributed by atoms with van der Waals surface area (Å²) in [5, 5.41) is 56.9. The van der Waals surface area contributed by atoms with Crippen LogP contribution in [0.25, 0.3) is 10.8 Å². The van der Waals surface area contributed by atoms with Crippen LogP contribution in [0.2, 0.25) is 0 Å². The fourth-order valence-corrected chi connectivity index (χ4v) is 8.21. The standard InChI is InChI=1S/C30H31NO8/c1-11-8-15(32)19-17-13(10-29(22(11)17)12(2)6-5-7-28(29,3)4)18-21(24(19)35)26(37)30(39)14(23(18)34)9-16(33)20(25(30)36)27(31)38/h6,8,14,23,32-35,39H,5,7,9-10H2,1-4H3,(H2,31,38)/t14-,23+,29+,30-/m1/s1. The predicted molar refractivity (Wildman–Crippen MR) is 140 cm³/mol. The second-order valence-electron chi connectivity index (χ2n) is 12.2. The summed E-state index contributed by atoms with van der Waals surface area (Å²) in [7, 11) is 0. The largest absolute Gasteiger partial charge is 0.511 e. The average molecular weight is 534 g/mol. The molecule has 0 aromatic heterocycles. The molecule has 0 fully saturated rings. The van der Waals surface area contributed by atoms with E-state index < -0.39 is 69.6 Å². The summed E-state index contributed by atoms with van der Waals surface area (Å²) in [5.74, 6) is -7.11. The highest BCUT2D eigenvalue weighted by atomic mass is 16.3. The van der Waals surface area contributed by atoms with Crippen LogP contribution in [0.1, 0.15) is 78.7 Å². The summed E-state index contributed by atoms with van der Waals surface area (Å²) >= 11 is 0. The van der Waals surface area contributed by atoms with Crippen molar-refractivity contribution in [3.8, 4) is 11.5 Å². The van der Waals surface area contributed by atoms with E-state index in [4.69, 9.17) is 5.73 Å². The number of phenolic OH excluding ortho intramolecular Hbond substituents is 2. The van der Waals surface area contributed by atoms with Gasteiger partial charge in [0.05, 0.1) is 17.1 Å². The number of hydrogen-bond donors (Lipinski definition) is 6. The van der Waals surface area contributed by atoms with Crippen molar-refractivity contribution in [1.82, 2.24) is 0 Å². The molecule has 39 heavy (non-hydrogen) atoms. The third-order valence-corrected chi connectivity index (χ3v) is 10.1. The molecule has 0 saturated carbocycles. The molecule has 0 aliphatic heterocycles. The summed E-state index contributed by atoms with van der Waals surface area (Å²) in [6.07, 6.45) is 2.07. The minimum Gasteiger partial charge on any atom is -0.511 e. The zero-order chi connectivity index (χ0) is 28.6. The van der Waals surface area contributed by atoms with Gasteiger partial charge in [0.25, 0.3) is 5.91 Å². The van der Waals surface area contributed by atoms with Gasteiger partial charge >= 0.3 is 0 Å². The highest BCUT2D eigenvalue weighted by Gasteiger charge is 2.64. The van der Waals surface area contributed by atoms with Gasteiger partial charge in [-0.3, -0.25) is 14.4 Å². The Morgan fingerprint density at radius 1 is 1.08 bits per heavy atom. The third kappa shape index (κ3) is 2.69. The molecule has 0 heterocycles. The van der Waals surface area contributed by atoms with Crippen LogP contribution in [0, 0.1) is 18.3 Å². The van der Waals surface area contributed by atoms with Crippen LogP contribution < -0.4 is 5.73 Å². The first kappa shape index (κ1) is 25.6. The first-order valence-corrected chi connectivity index (χ1v) is 13.1. The van der Waals surface area contributed by atoms with Gasteiger partial charge in [-0.05, 0) is 72.2 Å². The molecular formula is C30H31NO8. The number of aliphatic hydroxyl groups is 3. The summed E-state index contributed by atoms with van der Waals surface area (Å²) in [6.45, 7) is 8.25. The average Bonchev–Trinajstić information content (AvgIpc) is 3.19. The van der Waals surface area contributed by atoms with E-state index in [1.54, 1.807) is 0 Å². The number of rotatable bonds is 1. The number of phenols is 2. The maximum Gasteiger partial charge on any atom is 0.255 e. The molecule has 2 aromatic carbocycles. The molecule has 204 valence electrons. The second kappa shape index (κ2) is 7.49.